The van der Waals surface area contributed by atoms with Gasteiger partial charge in [-0.25, -0.2) is 4.98 Å². The fraction of sp³-hybridized carbons (Fsp3) is 0.143. The van der Waals surface area contributed by atoms with Gasteiger partial charge in [-0.15, -0.1) is 0 Å². The molecule has 8 heteroatoms. The number of hydrogen-bond acceptors (Lipinski definition) is 7. The monoisotopic (exact) mass is 393 g/mol. The van der Waals surface area contributed by atoms with Gasteiger partial charge in [-0.3, -0.25) is 4.79 Å². The number of pyridine rings is 1. The van der Waals surface area contributed by atoms with Crippen LogP contribution in [-0.4, -0.2) is 31.9 Å². The van der Waals surface area contributed by atoms with Crippen LogP contribution in [0, 0.1) is 0 Å². The molecule has 0 saturated heterocycles. The van der Waals surface area contributed by atoms with Crippen molar-refractivity contribution in [3.63, 3.8) is 0 Å². The van der Waals surface area contributed by atoms with Gasteiger partial charge in [0.05, 0.1) is 19.9 Å². The van der Waals surface area contributed by atoms with Gasteiger partial charge in [-0.05, 0) is 36.4 Å². The van der Waals surface area contributed by atoms with Crippen LogP contribution in [0.3, 0.4) is 0 Å². The summed E-state index contributed by atoms with van der Waals surface area (Å²) in [6.07, 6.45) is 1.56. The second-order valence-corrected chi connectivity index (χ2v) is 6.14. The van der Waals surface area contributed by atoms with E-state index < -0.39 is 0 Å². The van der Waals surface area contributed by atoms with Crippen molar-refractivity contribution in [3.05, 3.63) is 60.3 Å². The molecular weight excluding hydrogens is 374 g/mol. The van der Waals surface area contributed by atoms with Gasteiger partial charge in [-0.2, -0.15) is 0 Å². The molecule has 1 amide bonds. The highest BCUT2D eigenvalue weighted by atomic mass is 16.7. The third-order valence-electron chi connectivity index (χ3n) is 4.32. The summed E-state index contributed by atoms with van der Waals surface area (Å²) in [5, 5.41) is 6.00. The smallest absolute Gasteiger partial charge is 0.255 e. The van der Waals surface area contributed by atoms with Gasteiger partial charge in [0, 0.05) is 29.6 Å². The molecule has 0 aliphatic carbocycles. The number of carbonyl (C=O) groups is 1. The first-order valence-corrected chi connectivity index (χ1v) is 8.82. The second kappa shape index (κ2) is 7.97. The minimum absolute atomic E-state index is 0.180. The Bertz CT molecular complexity index is 1050. The zero-order valence-electron chi connectivity index (χ0n) is 15.9. The zero-order valence-corrected chi connectivity index (χ0v) is 15.9. The highest BCUT2D eigenvalue weighted by Crippen LogP contribution is 2.34. The lowest BCUT2D eigenvalue weighted by Gasteiger charge is -2.13. The van der Waals surface area contributed by atoms with Crippen molar-refractivity contribution in [1.82, 2.24) is 4.98 Å². The van der Waals surface area contributed by atoms with Crippen molar-refractivity contribution >= 4 is 23.1 Å². The van der Waals surface area contributed by atoms with E-state index in [0.717, 1.165) is 0 Å². The third kappa shape index (κ3) is 4.01. The molecule has 0 bridgehead atoms. The van der Waals surface area contributed by atoms with Gasteiger partial charge in [0.15, 0.2) is 11.5 Å². The maximum Gasteiger partial charge on any atom is 0.255 e. The Labute approximate surface area is 167 Å². The molecule has 3 aromatic rings. The van der Waals surface area contributed by atoms with E-state index in [1.54, 1.807) is 68.9 Å². The van der Waals surface area contributed by atoms with E-state index in [9.17, 15) is 4.79 Å². The largest absolute Gasteiger partial charge is 0.497 e. The fourth-order valence-electron chi connectivity index (χ4n) is 2.87. The molecule has 0 radical (unpaired) electrons. The molecule has 1 aromatic heterocycles. The molecule has 29 heavy (non-hydrogen) atoms. The Morgan fingerprint density at radius 3 is 2.69 bits per heavy atom. The maximum atomic E-state index is 12.7. The Hall–Kier alpha value is -3.94. The van der Waals surface area contributed by atoms with Crippen LogP contribution < -0.4 is 29.6 Å². The number of ether oxygens (including phenoxy) is 4. The minimum Gasteiger partial charge on any atom is -0.497 e. The Morgan fingerprint density at radius 1 is 1.00 bits per heavy atom. The maximum absolute atomic E-state index is 12.7. The van der Waals surface area contributed by atoms with E-state index in [0.29, 0.717) is 45.8 Å². The first kappa shape index (κ1) is 18.4. The number of fused-ring (bicyclic) bond motifs is 1. The van der Waals surface area contributed by atoms with Crippen LogP contribution in [0.25, 0.3) is 0 Å². The molecule has 0 spiro atoms. The number of hydrogen-bond donors (Lipinski definition) is 2. The van der Waals surface area contributed by atoms with Crippen LogP contribution in [0.1, 0.15) is 10.4 Å². The normalized spacial score (nSPS) is 11.7. The molecule has 2 N–H and O–H groups in total. The summed E-state index contributed by atoms with van der Waals surface area (Å²) in [7, 11) is 3.17. The van der Waals surface area contributed by atoms with Crippen molar-refractivity contribution in [1.29, 1.82) is 0 Å². The van der Waals surface area contributed by atoms with Gasteiger partial charge in [0.25, 0.3) is 5.91 Å². The summed E-state index contributed by atoms with van der Waals surface area (Å²) < 4.78 is 21.2. The van der Waals surface area contributed by atoms with Gasteiger partial charge >= 0.3 is 0 Å². The van der Waals surface area contributed by atoms with Gasteiger partial charge in [-0.1, -0.05) is 0 Å². The standard InChI is InChI=1S/C21H19N3O5/c1-26-15-4-6-17(27-2)16(11-15)24-20-9-13(7-8-22-20)21(25)23-14-3-5-18-19(10-14)29-12-28-18/h3-11H,12H2,1-2H3,(H,22,24)(H,23,25). The van der Waals surface area contributed by atoms with E-state index in [1.807, 2.05) is 0 Å². The number of nitrogens with zero attached hydrogens (tertiary/aromatic N) is 1. The van der Waals surface area contributed by atoms with E-state index in [-0.39, 0.29) is 12.7 Å². The molecule has 0 atom stereocenters. The number of benzene rings is 2. The van der Waals surface area contributed by atoms with Crippen LogP contribution >= 0.6 is 0 Å². The molecule has 148 valence electrons. The average molecular weight is 393 g/mol. The first-order valence-electron chi connectivity index (χ1n) is 8.82. The van der Waals surface area contributed by atoms with Crippen molar-refractivity contribution in [2.75, 3.05) is 31.6 Å². The predicted octanol–water partition coefficient (Wildman–Crippen LogP) is 3.82. The molecule has 1 aliphatic rings. The van der Waals surface area contributed by atoms with Crippen LogP contribution in [0.2, 0.25) is 0 Å². The summed E-state index contributed by atoms with van der Waals surface area (Å²) in [6, 6.07) is 13.9. The molecule has 0 saturated carbocycles. The van der Waals surface area contributed by atoms with Crippen molar-refractivity contribution in [2.24, 2.45) is 0 Å². The topological polar surface area (TPSA) is 90.9 Å². The number of methoxy groups -OCH3 is 2. The number of aromatic nitrogens is 1. The summed E-state index contributed by atoms with van der Waals surface area (Å²) in [5.41, 5.74) is 1.73. The highest BCUT2D eigenvalue weighted by Gasteiger charge is 2.15. The van der Waals surface area contributed by atoms with Crippen LogP contribution in [0.15, 0.2) is 54.7 Å². The molecule has 4 rings (SSSR count). The van der Waals surface area contributed by atoms with E-state index >= 15 is 0 Å². The zero-order chi connectivity index (χ0) is 20.2. The molecule has 0 fully saturated rings. The van der Waals surface area contributed by atoms with Crippen molar-refractivity contribution in [3.8, 4) is 23.0 Å². The molecular formula is C21H19N3O5. The van der Waals surface area contributed by atoms with Crippen LogP contribution in [0.4, 0.5) is 17.2 Å². The summed E-state index contributed by atoms with van der Waals surface area (Å²) in [4.78, 5) is 16.9. The van der Waals surface area contributed by atoms with Crippen molar-refractivity contribution < 1.29 is 23.7 Å². The number of carbonyl (C=O) groups excluding carboxylic acids is 1. The highest BCUT2D eigenvalue weighted by molar-refractivity contribution is 6.04. The van der Waals surface area contributed by atoms with Crippen LogP contribution in [0.5, 0.6) is 23.0 Å². The predicted molar refractivity (Wildman–Crippen MR) is 108 cm³/mol. The molecule has 0 unspecified atom stereocenters. The average Bonchev–Trinajstić information content (AvgIpc) is 3.21. The SMILES string of the molecule is COc1ccc(OC)c(Nc2cc(C(=O)Nc3ccc4c(c3)OCO4)ccn2)c1. The lowest BCUT2D eigenvalue weighted by molar-refractivity contribution is 0.102. The summed E-state index contributed by atoms with van der Waals surface area (Å²) in [6.45, 7) is 0.180. The fourth-order valence-corrected chi connectivity index (χ4v) is 2.87. The van der Waals surface area contributed by atoms with E-state index in [2.05, 4.69) is 15.6 Å². The Morgan fingerprint density at radius 2 is 1.86 bits per heavy atom. The van der Waals surface area contributed by atoms with E-state index in [1.165, 1.54) is 0 Å². The van der Waals surface area contributed by atoms with Crippen molar-refractivity contribution in [2.45, 2.75) is 0 Å². The molecule has 8 nitrogen and oxygen atoms in total. The number of rotatable bonds is 6. The molecule has 2 heterocycles. The molecule has 1 aliphatic heterocycles. The number of anilines is 3. The third-order valence-corrected chi connectivity index (χ3v) is 4.32. The Balaban J connectivity index is 1.52. The van der Waals surface area contributed by atoms with Crippen LogP contribution in [-0.2, 0) is 0 Å². The van der Waals surface area contributed by atoms with E-state index in [4.69, 9.17) is 18.9 Å². The second-order valence-electron chi connectivity index (χ2n) is 6.14. The first-order chi connectivity index (χ1) is 14.2. The summed E-state index contributed by atoms with van der Waals surface area (Å²) >= 11 is 0. The quantitative estimate of drug-likeness (QED) is 0.658. The van der Waals surface area contributed by atoms with Gasteiger partial charge in [0.2, 0.25) is 6.79 Å². The lowest BCUT2D eigenvalue weighted by Crippen LogP contribution is -2.12. The molecule has 2 aromatic carbocycles. The summed E-state index contributed by atoms with van der Waals surface area (Å²) in [5.74, 6) is 2.78. The van der Waals surface area contributed by atoms with Gasteiger partial charge < -0.3 is 29.6 Å². The minimum atomic E-state index is -0.271. The lowest BCUT2D eigenvalue weighted by atomic mass is 10.2. The number of amides is 1. The Kier molecular flexibility index (Phi) is 5.07. The van der Waals surface area contributed by atoms with Gasteiger partial charge in [0.1, 0.15) is 17.3 Å². The number of nitrogens with one attached hydrogen (secondary N) is 2.